The lowest BCUT2D eigenvalue weighted by Gasteiger charge is -2.36. The van der Waals surface area contributed by atoms with Gasteiger partial charge in [-0.15, -0.1) is 0 Å². The van der Waals surface area contributed by atoms with E-state index in [0.717, 1.165) is 19.6 Å². The Labute approximate surface area is 159 Å². The Morgan fingerprint density at radius 2 is 1.56 bits per heavy atom. The van der Waals surface area contributed by atoms with E-state index in [1.165, 1.54) is 5.56 Å². The van der Waals surface area contributed by atoms with Gasteiger partial charge in [-0.3, -0.25) is 9.69 Å². The van der Waals surface area contributed by atoms with Crippen molar-refractivity contribution in [1.82, 2.24) is 15.1 Å². The number of hydrogen-bond donors (Lipinski definition) is 1. The summed E-state index contributed by atoms with van der Waals surface area (Å²) in [5.41, 5.74) is 1.27. The summed E-state index contributed by atoms with van der Waals surface area (Å²) in [5.74, 6) is 0.364. The number of nitrogens with one attached hydrogen (secondary N) is 1. The molecular formula is C21H25N3O3. The van der Waals surface area contributed by atoms with Gasteiger partial charge in [-0.2, -0.15) is 0 Å². The van der Waals surface area contributed by atoms with Crippen molar-refractivity contribution in [3.8, 4) is 5.75 Å². The highest BCUT2D eigenvalue weighted by atomic mass is 16.6. The van der Waals surface area contributed by atoms with Gasteiger partial charge in [-0.1, -0.05) is 48.5 Å². The third kappa shape index (κ3) is 5.56. The molecule has 0 bridgehead atoms. The van der Waals surface area contributed by atoms with E-state index in [-0.39, 0.29) is 5.91 Å². The van der Waals surface area contributed by atoms with Crippen molar-refractivity contribution in [3.05, 3.63) is 66.2 Å². The predicted molar refractivity (Wildman–Crippen MR) is 103 cm³/mol. The summed E-state index contributed by atoms with van der Waals surface area (Å²) in [6.45, 7) is 5.53. The van der Waals surface area contributed by atoms with E-state index in [4.69, 9.17) is 4.74 Å². The SMILES string of the molecule is C[C@@H](NC(=O)Oc1ccccc1)C(=O)N1CCN(Cc2ccccc2)CC1. The van der Waals surface area contributed by atoms with Crippen LogP contribution in [0.15, 0.2) is 60.7 Å². The summed E-state index contributed by atoms with van der Waals surface area (Å²) in [5, 5.41) is 2.61. The highest BCUT2D eigenvalue weighted by Gasteiger charge is 2.26. The van der Waals surface area contributed by atoms with Crippen LogP contribution in [0.4, 0.5) is 4.79 Å². The molecule has 0 aromatic heterocycles. The van der Waals surface area contributed by atoms with Crippen molar-refractivity contribution in [2.75, 3.05) is 26.2 Å². The van der Waals surface area contributed by atoms with Gasteiger partial charge in [0.2, 0.25) is 5.91 Å². The van der Waals surface area contributed by atoms with Crippen LogP contribution in [0.1, 0.15) is 12.5 Å². The Morgan fingerprint density at radius 1 is 0.963 bits per heavy atom. The van der Waals surface area contributed by atoms with Crippen molar-refractivity contribution in [1.29, 1.82) is 0 Å². The van der Waals surface area contributed by atoms with Crippen LogP contribution in [0.5, 0.6) is 5.75 Å². The fraction of sp³-hybridized carbons (Fsp3) is 0.333. The van der Waals surface area contributed by atoms with E-state index < -0.39 is 12.1 Å². The molecule has 2 aromatic carbocycles. The fourth-order valence-electron chi connectivity index (χ4n) is 3.11. The van der Waals surface area contributed by atoms with Gasteiger partial charge in [0.05, 0.1) is 0 Å². The van der Waals surface area contributed by atoms with Crippen molar-refractivity contribution >= 4 is 12.0 Å². The second-order valence-electron chi connectivity index (χ2n) is 6.66. The zero-order valence-electron chi connectivity index (χ0n) is 15.5. The number of ether oxygens (including phenoxy) is 1. The lowest BCUT2D eigenvalue weighted by atomic mass is 10.2. The number of para-hydroxylation sites is 1. The standard InChI is InChI=1S/C21H25N3O3/c1-17(22-21(26)27-19-10-6-3-7-11-19)20(25)24-14-12-23(13-15-24)16-18-8-4-2-5-9-18/h2-11,17H,12-16H2,1H3,(H,22,26)/t17-/m1/s1. The van der Waals surface area contributed by atoms with Crippen molar-refractivity contribution < 1.29 is 14.3 Å². The Morgan fingerprint density at radius 3 is 2.19 bits per heavy atom. The third-order valence-electron chi connectivity index (χ3n) is 4.59. The van der Waals surface area contributed by atoms with Gasteiger partial charge in [-0.25, -0.2) is 4.79 Å². The van der Waals surface area contributed by atoms with E-state index in [1.807, 2.05) is 24.3 Å². The largest absolute Gasteiger partial charge is 0.413 e. The van der Waals surface area contributed by atoms with Gasteiger partial charge >= 0.3 is 6.09 Å². The average Bonchev–Trinajstić information content (AvgIpc) is 2.69. The van der Waals surface area contributed by atoms with Crippen LogP contribution in [-0.2, 0) is 11.3 Å². The minimum Gasteiger partial charge on any atom is -0.410 e. The summed E-state index contributed by atoms with van der Waals surface area (Å²) < 4.78 is 5.18. The van der Waals surface area contributed by atoms with Gasteiger partial charge in [0.15, 0.2) is 0 Å². The topological polar surface area (TPSA) is 61.9 Å². The molecule has 0 aliphatic carbocycles. The first-order valence-electron chi connectivity index (χ1n) is 9.20. The number of rotatable bonds is 5. The van der Waals surface area contributed by atoms with Crippen molar-refractivity contribution in [3.63, 3.8) is 0 Å². The van der Waals surface area contributed by atoms with Gasteiger partial charge in [0.1, 0.15) is 11.8 Å². The summed E-state index contributed by atoms with van der Waals surface area (Å²) in [6.07, 6.45) is -0.621. The molecule has 0 unspecified atom stereocenters. The molecule has 3 rings (SSSR count). The number of hydrogen-bond acceptors (Lipinski definition) is 4. The number of amides is 2. The summed E-state index contributed by atoms with van der Waals surface area (Å²) in [7, 11) is 0. The Hall–Kier alpha value is -2.86. The summed E-state index contributed by atoms with van der Waals surface area (Å²) in [6, 6.07) is 18.5. The number of carbonyl (C=O) groups is 2. The molecule has 0 radical (unpaired) electrons. The van der Waals surface area contributed by atoms with Gasteiger partial charge in [0.25, 0.3) is 0 Å². The van der Waals surface area contributed by atoms with Crippen LogP contribution in [-0.4, -0.2) is 54.0 Å². The molecule has 1 fully saturated rings. The smallest absolute Gasteiger partial charge is 0.410 e. The Kier molecular flexibility index (Phi) is 6.44. The minimum atomic E-state index is -0.623. The maximum Gasteiger partial charge on any atom is 0.413 e. The molecule has 142 valence electrons. The molecule has 1 saturated heterocycles. The quantitative estimate of drug-likeness (QED) is 0.882. The molecule has 6 nitrogen and oxygen atoms in total. The first-order valence-corrected chi connectivity index (χ1v) is 9.20. The molecule has 6 heteroatoms. The van der Waals surface area contributed by atoms with Gasteiger partial charge in [0, 0.05) is 32.7 Å². The number of nitrogens with zero attached hydrogens (tertiary/aromatic N) is 2. The molecule has 1 N–H and O–H groups in total. The zero-order chi connectivity index (χ0) is 19.1. The molecule has 2 amide bonds. The highest BCUT2D eigenvalue weighted by molar-refractivity contribution is 5.85. The maximum atomic E-state index is 12.6. The first kappa shape index (κ1) is 18.9. The van der Waals surface area contributed by atoms with Gasteiger partial charge in [-0.05, 0) is 24.6 Å². The number of benzene rings is 2. The van der Waals surface area contributed by atoms with E-state index in [0.29, 0.717) is 18.8 Å². The van der Waals surface area contributed by atoms with Crippen LogP contribution < -0.4 is 10.1 Å². The van der Waals surface area contributed by atoms with Gasteiger partial charge < -0.3 is 15.0 Å². The van der Waals surface area contributed by atoms with E-state index >= 15 is 0 Å². The van der Waals surface area contributed by atoms with Crippen molar-refractivity contribution in [2.24, 2.45) is 0 Å². The summed E-state index contributed by atoms with van der Waals surface area (Å²) >= 11 is 0. The normalized spacial score (nSPS) is 15.8. The monoisotopic (exact) mass is 367 g/mol. The Bertz CT molecular complexity index is 744. The molecule has 2 aromatic rings. The van der Waals surface area contributed by atoms with Crippen LogP contribution >= 0.6 is 0 Å². The molecule has 0 saturated carbocycles. The molecule has 1 heterocycles. The van der Waals surface area contributed by atoms with E-state index in [1.54, 1.807) is 36.1 Å². The van der Waals surface area contributed by atoms with Crippen LogP contribution in [0.25, 0.3) is 0 Å². The molecule has 27 heavy (non-hydrogen) atoms. The average molecular weight is 367 g/mol. The fourth-order valence-corrected chi connectivity index (χ4v) is 3.11. The summed E-state index contributed by atoms with van der Waals surface area (Å²) in [4.78, 5) is 28.7. The number of piperazine rings is 1. The van der Waals surface area contributed by atoms with Crippen LogP contribution in [0.3, 0.4) is 0 Å². The second-order valence-corrected chi connectivity index (χ2v) is 6.66. The van der Waals surface area contributed by atoms with Crippen LogP contribution in [0.2, 0.25) is 0 Å². The molecule has 0 spiro atoms. The van der Waals surface area contributed by atoms with Crippen LogP contribution in [0, 0.1) is 0 Å². The maximum absolute atomic E-state index is 12.6. The van der Waals surface area contributed by atoms with E-state index in [9.17, 15) is 9.59 Å². The third-order valence-corrected chi connectivity index (χ3v) is 4.59. The lowest BCUT2D eigenvalue weighted by molar-refractivity contribution is -0.134. The Balaban J connectivity index is 1.43. The molecule has 1 aliphatic heterocycles. The first-order chi connectivity index (χ1) is 13.1. The lowest BCUT2D eigenvalue weighted by Crippen LogP contribution is -2.54. The molecular weight excluding hydrogens is 342 g/mol. The predicted octanol–water partition coefficient (Wildman–Crippen LogP) is 2.51. The van der Waals surface area contributed by atoms with E-state index in [2.05, 4.69) is 22.3 Å². The second kappa shape index (κ2) is 9.19. The highest BCUT2D eigenvalue weighted by Crippen LogP contribution is 2.11. The number of carbonyl (C=O) groups excluding carboxylic acids is 2. The van der Waals surface area contributed by atoms with Crippen molar-refractivity contribution in [2.45, 2.75) is 19.5 Å². The minimum absolute atomic E-state index is 0.0839. The zero-order valence-corrected chi connectivity index (χ0v) is 15.5. The molecule has 1 aliphatic rings. The molecule has 1 atom stereocenters.